The number of nitrogens with one attached hydrogen (secondary N) is 1. The van der Waals surface area contributed by atoms with Crippen molar-refractivity contribution in [2.45, 2.75) is 31.6 Å². The van der Waals surface area contributed by atoms with E-state index in [-0.39, 0.29) is 29.8 Å². The van der Waals surface area contributed by atoms with Crippen LogP contribution in [-0.4, -0.2) is 55.7 Å². The summed E-state index contributed by atoms with van der Waals surface area (Å²) in [5.74, 6) is 0.667. The third-order valence-electron chi connectivity index (χ3n) is 6.30. The summed E-state index contributed by atoms with van der Waals surface area (Å²) in [4.78, 5) is 13.1. The third kappa shape index (κ3) is 4.89. The average Bonchev–Trinajstić information content (AvgIpc) is 3.18. The minimum Gasteiger partial charge on any atom is -0.493 e. The molecule has 1 N–H and O–H groups in total. The van der Waals surface area contributed by atoms with E-state index in [4.69, 9.17) is 9.47 Å². The average molecular weight is 499 g/mol. The second kappa shape index (κ2) is 10.1. The van der Waals surface area contributed by atoms with E-state index in [1.165, 1.54) is 11.4 Å². The summed E-state index contributed by atoms with van der Waals surface area (Å²) < 4.78 is 40.7. The number of anilines is 1. The molecular weight excluding hydrogens is 468 g/mol. The van der Waals surface area contributed by atoms with E-state index in [2.05, 4.69) is 10.4 Å². The Morgan fingerprint density at radius 3 is 2.29 bits per heavy atom. The quantitative estimate of drug-likeness (QED) is 0.535. The van der Waals surface area contributed by atoms with Crippen LogP contribution in [0.3, 0.4) is 0 Å². The molecule has 0 bridgehead atoms. The number of carbonyl (C=O) groups is 1. The SMILES string of the molecule is COc1ccc(NC(=O)C2CCN(S(=O)(=O)c3c(C)nn(-c4ccccc4)c3C)CC2)cc1OC. The number of hydrogen-bond acceptors (Lipinski definition) is 6. The lowest BCUT2D eigenvalue weighted by molar-refractivity contribution is -0.120. The number of para-hydroxylation sites is 1. The van der Waals surface area contributed by atoms with Gasteiger partial charge in [-0.05, 0) is 51.0 Å². The van der Waals surface area contributed by atoms with Crippen molar-refractivity contribution in [2.24, 2.45) is 5.92 Å². The summed E-state index contributed by atoms with van der Waals surface area (Å²) in [6.45, 7) is 4.01. The van der Waals surface area contributed by atoms with Gasteiger partial charge in [0.05, 0.1) is 31.3 Å². The maximum Gasteiger partial charge on any atom is 0.246 e. The highest BCUT2D eigenvalue weighted by molar-refractivity contribution is 7.89. The Labute approximate surface area is 205 Å². The number of rotatable bonds is 7. The molecule has 186 valence electrons. The van der Waals surface area contributed by atoms with Gasteiger partial charge < -0.3 is 14.8 Å². The van der Waals surface area contributed by atoms with Crippen LogP contribution in [0.2, 0.25) is 0 Å². The number of benzene rings is 2. The van der Waals surface area contributed by atoms with E-state index in [1.54, 1.807) is 43.8 Å². The first-order valence-electron chi connectivity index (χ1n) is 11.4. The predicted molar refractivity (Wildman–Crippen MR) is 133 cm³/mol. The summed E-state index contributed by atoms with van der Waals surface area (Å²) in [5, 5.41) is 7.39. The zero-order valence-electron chi connectivity index (χ0n) is 20.3. The smallest absolute Gasteiger partial charge is 0.246 e. The second-order valence-electron chi connectivity index (χ2n) is 8.48. The molecule has 9 nitrogen and oxygen atoms in total. The number of piperidine rings is 1. The molecule has 0 spiro atoms. The number of ether oxygens (including phenoxy) is 2. The van der Waals surface area contributed by atoms with Crippen LogP contribution in [0.1, 0.15) is 24.2 Å². The summed E-state index contributed by atoms with van der Waals surface area (Å²) >= 11 is 0. The molecule has 3 aromatic rings. The molecule has 0 atom stereocenters. The Bertz CT molecular complexity index is 1310. The predicted octanol–water partition coefficient (Wildman–Crippen LogP) is 3.55. The van der Waals surface area contributed by atoms with Crippen LogP contribution in [0.25, 0.3) is 5.69 Å². The number of amides is 1. The Hall–Kier alpha value is -3.37. The van der Waals surface area contributed by atoms with Gasteiger partial charge in [-0.2, -0.15) is 9.40 Å². The fourth-order valence-electron chi connectivity index (χ4n) is 4.47. The molecule has 10 heteroatoms. The Morgan fingerprint density at radius 1 is 1.00 bits per heavy atom. The number of hydrogen-bond donors (Lipinski definition) is 1. The number of sulfonamides is 1. The van der Waals surface area contributed by atoms with E-state index in [1.807, 2.05) is 30.3 Å². The molecule has 0 aliphatic carbocycles. The van der Waals surface area contributed by atoms with E-state index in [0.717, 1.165) is 5.69 Å². The maximum atomic E-state index is 13.5. The van der Waals surface area contributed by atoms with Gasteiger partial charge in [0.2, 0.25) is 15.9 Å². The van der Waals surface area contributed by atoms with E-state index in [9.17, 15) is 13.2 Å². The Balaban J connectivity index is 1.45. The third-order valence-corrected chi connectivity index (χ3v) is 8.45. The van der Waals surface area contributed by atoms with Gasteiger partial charge in [-0.1, -0.05) is 18.2 Å². The summed E-state index contributed by atoms with van der Waals surface area (Å²) in [5.41, 5.74) is 2.43. The van der Waals surface area contributed by atoms with Gasteiger partial charge in [0, 0.05) is 30.8 Å². The normalized spacial score (nSPS) is 15.1. The molecule has 1 aliphatic rings. The van der Waals surface area contributed by atoms with Crippen molar-refractivity contribution in [3.8, 4) is 17.2 Å². The van der Waals surface area contributed by atoms with Crippen molar-refractivity contribution >= 4 is 21.6 Å². The second-order valence-corrected chi connectivity index (χ2v) is 10.4. The van der Waals surface area contributed by atoms with Gasteiger partial charge in [0.25, 0.3) is 0 Å². The monoisotopic (exact) mass is 498 g/mol. The fourth-order valence-corrected chi connectivity index (χ4v) is 6.29. The van der Waals surface area contributed by atoms with Crippen LogP contribution in [0.5, 0.6) is 11.5 Å². The summed E-state index contributed by atoms with van der Waals surface area (Å²) in [6.07, 6.45) is 0.868. The van der Waals surface area contributed by atoms with Crippen molar-refractivity contribution in [1.82, 2.24) is 14.1 Å². The van der Waals surface area contributed by atoms with Gasteiger partial charge in [0.1, 0.15) is 4.90 Å². The number of nitrogens with zero attached hydrogens (tertiary/aromatic N) is 3. The highest BCUT2D eigenvalue weighted by Gasteiger charge is 2.35. The first-order chi connectivity index (χ1) is 16.8. The van der Waals surface area contributed by atoms with Crippen LogP contribution < -0.4 is 14.8 Å². The lowest BCUT2D eigenvalue weighted by Crippen LogP contribution is -2.41. The van der Waals surface area contributed by atoms with E-state index < -0.39 is 10.0 Å². The van der Waals surface area contributed by atoms with Crippen molar-refractivity contribution in [2.75, 3.05) is 32.6 Å². The number of methoxy groups -OCH3 is 2. The standard InChI is InChI=1S/C25H30N4O5S/c1-17-24(18(2)29(27-17)21-8-6-5-7-9-21)35(31,32)28-14-12-19(13-15-28)25(30)26-20-10-11-22(33-3)23(16-20)34-4/h5-11,16,19H,12-15H2,1-4H3,(H,26,30). The molecule has 2 aromatic carbocycles. The molecule has 0 saturated carbocycles. The zero-order chi connectivity index (χ0) is 25.2. The highest BCUT2D eigenvalue weighted by atomic mass is 32.2. The minimum absolute atomic E-state index is 0.140. The molecule has 1 fully saturated rings. The van der Waals surface area contributed by atoms with Gasteiger partial charge in [-0.15, -0.1) is 0 Å². The molecule has 0 radical (unpaired) electrons. The molecule has 2 heterocycles. The summed E-state index contributed by atoms with van der Waals surface area (Å²) in [7, 11) is -0.664. The molecule has 1 saturated heterocycles. The molecular formula is C25H30N4O5S. The molecule has 1 aliphatic heterocycles. The van der Waals surface area contributed by atoms with Crippen molar-refractivity contribution in [1.29, 1.82) is 0 Å². The number of aryl methyl sites for hydroxylation is 1. The van der Waals surface area contributed by atoms with Gasteiger partial charge in [0.15, 0.2) is 11.5 Å². The lowest BCUT2D eigenvalue weighted by atomic mass is 9.97. The fraction of sp³-hybridized carbons (Fsp3) is 0.360. The van der Waals surface area contributed by atoms with Gasteiger partial charge in [-0.3, -0.25) is 4.79 Å². The van der Waals surface area contributed by atoms with Crippen LogP contribution in [0.15, 0.2) is 53.4 Å². The molecule has 1 amide bonds. The molecule has 1 aromatic heterocycles. The van der Waals surface area contributed by atoms with Gasteiger partial charge >= 0.3 is 0 Å². The first kappa shape index (κ1) is 24.7. The van der Waals surface area contributed by atoms with Crippen LogP contribution >= 0.6 is 0 Å². The van der Waals surface area contributed by atoms with Crippen molar-refractivity contribution in [3.05, 3.63) is 59.9 Å². The first-order valence-corrected chi connectivity index (χ1v) is 12.8. The lowest BCUT2D eigenvalue weighted by Gasteiger charge is -2.30. The van der Waals surface area contributed by atoms with E-state index in [0.29, 0.717) is 41.4 Å². The van der Waals surface area contributed by atoms with Crippen LogP contribution in [0.4, 0.5) is 5.69 Å². The minimum atomic E-state index is -3.75. The molecule has 4 rings (SSSR count). The zero-order valence-corrected chi connectivity index (χ0v) is 21.1. The summed E-state index contributed by atoms with van der Waals surface area (Å²) in [6, 6.07) is 14.6. The maximum absolute atomic E-state index is 13.5. The Kier molecular flexibility index (Phi) is 7.13. The van der Waals surface area contributed by atoms with Crippen molar-refractivity contribution in [3.63, 3.8) is 0 Å². The van der Waals surface area contributed by atoms with Crippen LogP contribution in [0, 0.1) is 19.8 Å². The Morgan fingerprint density at radius 2 is 1.66 bits per heavy atom. The van der Waals surface area contributed by atoms with Crippen molar-refractivity contribution < 1.29 is 22.7 Å². The largest absolute Gasteiger partial charge is 0.493 e. The molecule has 0 unspecified atom stereocenters. The highest BCUT2D eigenvalue weighted by Crippen LogP contribution is 2.32. The topological polar surface area (TPSA) is 103 Å². The number of aromatic nitrogens is 2. The number of carbonyl (C=O) groups excluding carboxylic acids is 1. The van der Waals surface area contributed by atoms with Crippen LogP contribution in [-0.2, 0) is 14.8 Å². The van der Waals surface area contributed by atoms with E-state index >= 15 is 0 Å². The molecule has 35 heavy (non-hydrogen) atoms. The van der Waals surface area contributed by atoms with Gasteiger partial charge in [-0.25, -0.2) is 13.1 Å².